The lowest BCUT2D eigenvalue weighted by Gasteiger charge is -2.16. The van der Waals surface area contributed by atoms with Crippen LogP contribution in [-0.4, -0.2) is 12.6 Å². The van der Waals surface area contributed by atoms with E-state index in [1.165, 1.54) is 12.1 Å². The quantitative estimate of drug-likeness (QED) is 0.803. The topological polar surface area (TPSA) is 35.2 Å². The summed E-state index contributed by atoms with van der Waals surface area (Å²) < 4.78 is 18.1. The largest absolute Gasteiger partial charge is 0.492 e. The van der Waals surface area contributed by atoms with E-state index in [0.29, 0.717) is 18.3 Å². The Balaban J connectivity index is 2.45. The average Bonchev–Trinajstić information content (AvgIpc) is 2.14. The van der Waals surface area contributed by atoms with Crippen LogP contribution in [0.4, 0.5) is 4.39 Å². The maximum Gasteiger partial charge on any atom is 0.126 e. The zero-order valence-corrected chi connectivity index (χ0v) is 8.53. The van der Waals surface area contributed by atoms with Gasteiger partial charge in [0.2, 0.25) is 0 Å². The molecule has 1 rings (SSSR count). The lowest BCUT2D eigenvalue weighted by Crippen LogP contribution is -2.32. The Labute approximate surface area is 83.9 Å². The smallest absolute Gasteiger partial charge is 0.126 e. The number of hydrogen-bond donors (Lipinski definition) is 1. The summed E-state index contributed by atoms with van der Waals surface area (Å²) in [6, 6.07) is 6.06. The van der Waals surface area contributed by atoms with Crippen LogP contribution in [0.3, 0.4) is 0 Å². The highest BCUT2D eigenvalue weighted by molar-refractivity contribution is 5.22. The van der Waals surface area contributed by atoms with Gasteiger partial charge in [-0.1, -0.05) is 19.9 Å². The molecule has 0 radical (unpaired) electrons. The molecule has 0 fully saturated rings. The third kappa shape index (κ3) is 3.34. The van der Waals surface area contributed by atoms with Gasteiger partial charge in [-0.2, -0.15) is 0 Å². The molecule has 1 aromatic carbocycles. The van der Waals surface area contributed by atoms with Crippen molar-refractivity contribution in [3.05, 3.63) is 30.1 Å². The van der Waals surface area contributed by atoms with E-state index in [1.807, 2.05) is 13.8 Å². The van der Waals surface area contributed by atoms with E-state index < -0.39 is 0 Å². The van der Waals surface area contributed by atoms with Crippen molar-refractivity contribution < 1.29 is 9.13 Å². The van der Waals surface area contributed by atoms with Gasteiger partial charge >= 0.3 is 0 Å². The summed E-state index contributed by atoms with van der Waals surface area (Å²) in [6.45, 7) is 4.47. The first kappa shape index (κ1) is 11.0. The molecular formula is C11H16FNO. The number of nitrogens with two attached hydrogens (primary N) is 1. The summed E-state index contributed by atoms with van der Waals surface area (Å²) in [7, 11) is 0. The fourth-order valence-corrected chi connectivity index (χ4v) is 0.942. The second kappa shape index (κ2) is 4.96. The summed E-state index contributed by atoms with van der Waals surface area (Å²) in [5, 5.41) is 0. The van der Waals surface area contributed by atoms with E-state index in [1.54, 1.807) is 12.1 Å². The number of halogens is 1. The molecule has 0 bridgehead atoms. The summed E-state index contributed by atoms with van der Waals surface area (Å²) in [4.78, 5) is 0. The van der Waals surface area contributed by atoms with E-state index >= 15 is 0 Å². The number of ether oxygens (including phenoxy) is 1. The van der Waals surface area contributed by atoms with Crippen LogP contribution >= 0.6 is 0 Å². The first-order valence-corrected chi connectivity index (χ1v) is 4.73. The van der Waals surface area contributed by atoms with Crippen molar-refractivity contribution in [1.82, 2.24) is 0 Å². The molecule has 0 saturated carbocycles. The predicted octanol–water partition coefficient (Wildman–Crippen LogP) is 2.19. The fourth-order valence-electron chi connectivity index (χ4n) is 0.942. The molecule has 0 aliphatic rings. The van der Waals surface area contributed by atoms with Gasteiger partial charge in [0.05, 0.1) is 0 Å². The minimum absolute atomic E-state index is 0.0155. The minimum atomic E-state index is -0.291. The second-order valence-electron chi connectivity index (χ2n) is 3.68. The van der Waals surface area contributed by atoms with Gasteiger partial charge in [0.25, 0.3) is 0 Å². The van der Waals surface area contributed by atoms with E-state index in [9.17, 15) is 4.39 Å². The van der Waals surface area contributed by atoms with Crippen molar-refractivity contribution in [3.63, 3.8) is 0 Å². The molecule has 3 heteroatoms. The number of rotatable bonds is 4. The Hall–Kier alpha value is -1.09. The van der Waals surface area contributed by atoms with Gasteiger partial charge in [-0.05, 0) is 18.1 Å². The Morgan fingerprint density at radius 3 is 2.71 bits per heavy atom. The van der Waals surface area contributed by atoms with Crippen molar-refractivity contribution in [2.24, 2.45) is 11.7 Å². The van der Waals surface area contributed by atoms with Crippen LogP contribution in [0.2, 0.25) is 0 Å². The van der Waals surface area contributed by atoms with Crippen molar-refractivity contribution in [1.29, 1.82) is 0 Å². The first-order chi connectivity index (χ1) is 6.59. The molecule has 0 aliphatic carbocycles. The summed E-state index contributed by atoms with van der Waals surface area (Å²) >= 11 is 0. The monoisotopic (exact) mass is 197 g/mol. The van der Waals surface area contributed by atoms with Crippen LogP contribution in [0.1, 0.15) is 13.8 Å². The standard InChI is InChI=1S/C11H16FNO/c1-8(2)11(13)7-14-10-5-3-4-9(12)6-10/h3-6,8,11H,7,13H2,1-2H3/t11-/m1/s1. The van der Waals surface area contributed by atoms with Crippen LogP contribution in [0, 0.1) is 11.7 Å². The Bertz CT molecular complexity index is 288. The van der Waals surface area contributed by atoms with Crippen molar-refractivity contribution in [2.75, 3.05) is 6.61 Å². The van der Waals surface area contributed by atoms with Crippen molar-refractivity contribution in [3.8, 4) is 5.75 Å². The molecule has 78 valence electrons. The van der Waals surface area contributed by atoms with E-state index in [4.69, 9.17) is 10.5 Å². The minimum Gasteiger partial charge on any atom is -0.492 e. The van der Waals surface area contributed by atoms with Crippen molar-refractivity contribution in [2.45, 2.75) is 19.9 Å². The first-order valence-electron chi connectivity index (χ1n) is 4.73. The SMILES string of the molecule is CC(C)[C@H](N)COc1cccc(F)c1. The van der Waals surface area contributed by atoms with Gasteiger partial charge in [-0.3, -0.25) is 0 Å². The zero-order valence-electron chi connectivity index (χ0n) is 8.53. The molecule has 0 heterocycles. The van der Waals surface area contributed by atoms with Crippen LogP contribution in [0.5, 0.6) is 5.75 Å². The van der Waals surface area contributed by atoms with Gasteiger partial charge in [0.15, 0.2) is 0 Å². The summed E-state index contributed by atoms with van der Waals surface area (Å²) in [6.07, 6.45) is 0. The van der Waals surface area contributed by atoms with Gasteiger partial charge in [-0.25, -0.2) is 4.39 Å². The molecule has 0 aliphatic heterocycles. The van der Waals surface area contributed by atoms with Crippen LogP contribution in [0.25, 0.3) is 0 Å². The zero-order chi connectivity index (χ0) is 10.6. The molecule has 1 atom stereocenters. The predicted molar refractivity (Wildman–Crippen MR) is 54.7 cm³/mol. The normalized spacial score (nSPS) is 12.9. The average molecular weight is 197 g/mol. The highest BCUT2D eigenvalue weighted by Crippen LogP contribution is 2.12. The molecule has 2 nitrogen and oxygen atoms in total. The summed E-state index contributed by atoms with van der Waals surface area (Å²) in [5.74, 6) is 0.602. The Morgan fingerprint density at radius 1 is 1.43 bits per heavy atom. The van der Waals surface area contributed by atoms with E-state index in [0.717, 1.165) is 0 Å². The molecular weight excluding hydrogens is 181 g/mol. The molecule has 14 heavy (non-hydrogen) atoms. The van der Waals surface area contributed by atoms with Crippen LogP contribution < -0.4 is 10.5 Å². The van der Waals surface area contributed by atoms with Gasteiger partial charge < -0.3 is 10.5 Å². The third-order valence-corrected chi connectivity index (χ3v) is 2.09. The Morgan fingerprint density at radius 2 is 2.14 bits per heavy atom. The van der Waals surface area contributed by atoms with Gasteiger partial charge in [0.1, 0.15) is 18.2 Å². The van der Waals surface area contributed by atoms with Gasteiger partial charge in [-0.15, -0.1) is 0 Å². The van der Waals surface area contributed by atoms with Crippen molar-refractivity contribution >= 4 is 0 Å². The third-order valence-electron chi connectivity index (χ3n) is 2.09. The number of hydrogen-bond acceptors (Lipinski definition) is 2. The summed E-state index contributed by atoms with van der Waals surface area (Å²) in [5.41, 5.74) is 5.78. The van der Waals surface area contributed by atoms with E-state index in [-0.39, 0.29) is 11.9 Å². The van der Waals surface area contributed by atoms with E-state index in [2.05, 4.69) is 0 Å². The molecule has 0 aromatic heterocycles. The molecule has 2 N–H and O–H groups in total. The molecule has 0 unspecified atom stereocenters. The lowest BCUT2D eigenvalue weighted by molar-refractivity contribution is 0.258. The second-order valence-corrected chi connectivity index (χ2v) is 3.68. The highest BCUT2D eigenvalue weighted by atomic mass is 19.1. The molecule has 0 saturated heterocycles. The highest BCUT2D eigenvalue weighted by Gasteiger charge is 2.08. The molecule has 0 amide bonds. The van der Waals surface area contributed by atoms with Crippen LogP contribution in [-0.2, 0) is 0 Å². The molecule has 0 spiro atoms. The number of benzene rings is 1. The van der Waals surface area contributed by atoms with Crippen LogP contribution in [0.15, 0.2) is 24.3 Å². The maximum absolute atomic E-state index is 12.7. The van der Waals surface area contributed by atoms with Gasteiger partial charge in [0, 0.05) is 12.1 Å². The fraction of sp³-hybridized carbons (Fsp3) is 0.455. The maximum atomic E-state index is 12.7. The molecule has 1 aromatic rings. The lowest BCUT2D eigenvalue weighted by atomic mass is 10.1. The Kier molecular flexibility index (Phi) is 3.89.